The Balaban J connectivity index is 1.86. The number of hydrogen-bond donors (Lipinski definition) is 1. The molecule has 0 aliphatic rings. The normalized spacial score (nSPS) is 10.5. The van der Waals surface area contributed by atoms with E-state index < -0.39 is 0 Å². The third-order valence-corrected chi connectivity index (χ3v) is 5.23. The minimum absolute atomic E-state index is 0.227. The number of anilines is 1. The van der Waals surface area contributed by atoms with Crippen molar-refractivity contribution >= 4 is 17.4 Å². The van der Waals surface area contributed by atoms with Crippen LogP contribution in [-0.2, 0) is 0 Å². The largest absolute Gasteiger partial charge is 0.383 e. The molecule has 0 spiro atoms. The van der Waals surface area contributed by atoms with Crippen molar-refractivity contribution in [3.05, 3.63) is 95.0 Å². The molecule has 29 heavy (non-hydrogen) atoms. The van der Waals surface area contributed by atoms with E-state index in [-0.39, 0.29) is 5.82 Å². The maximum absolute atomic E-state index is 9.73. The van der Waals surface area contributed by atoms with Gasteiger partial charge in [-0.05, 0) is 41.3 Å². The summed E-state index contributed by atoms with van der Waals surface area (Å²) in [6.45, 7) is 1.97. The van der Waals surface area contributed by atoms with E-state index in [1.807, 2.05) is 61.5 Å². The van der Waals surface area contributed by atoms with Crippen LogP contribution in [0.3, 0.4) is 0 Å². The van der Waals surface area contributed by atoms with Crippen molar-refractivity contribution in [3.63, 3.8) is 0 Å². The van der Waals surface area contributed by atoms with E-state index in [1.54, 1.807) is 0 Å². The number of hydrogen-bond acceptors (Lipinski definition) is 3. The predicted octanol–water partition coefficient (Wildman–Crippen LogP) is 6.50. The lowest BCUT2D eigenvalue weighted by Crippen LogP contribution is -2.03. The fourth-order valence-electron chi connectivity index (χ4n) is 3.52. The average Bonchev–Trinajstić information content (AvgIpc) is 2.76. The number of halogens is 1. The Morgan fingerprint density at radius 2 is 1.34 bits per heavy atom. The molecule has 3 nitrogen and oxygen atoms in total. The molecule has 0 radical (unpaired) electrons. The van der Waals surface area contributed by atoms with E-state index in [1.165, 1.54) is 0 Å². The number of rotatable bonds is 3. The first-order valence-electron chi connectivity index (χ1n) is 9.20. The molecule has 0 fully saturated rings. The van der Waals surface area contributed by atoms with Gasteiger partial charge in [0.15, 0.2) is 0 Å². The fourth-order valence-corrected chi connectivity index (χ4v) is 3.64. The molecule has 1 heterocycles. The van der Waals surface area contributed by atoms with E-state index >= 15 is 0 Å². The van der Waals surface area contributed by atoms with Crippen molar-refractivity contribution in [2.45, 2.75) is 6.92 Å². The minimum Gasteiger partial charge on any atom is -0.383 e. The van der Waals surface area contributed by atoms with Crippen molar-refractivity contribution in [1.82, 2.24) is 4.98 Å². The average molecular weight is 396 g/mol. The number of pyridine rings is 1. The smallest absolute Gasteiger partial charge is 0.142 e. The molecule has 4 heteroatoms. The summed E-state index contributed by atoms with van der Waals surface area (Å²) in [5, 5.41) is 10.4. The van der Waals surface area contributed by atoms with Gasteiger partial charge in [0.25, 0.3) is 0 Å². The molecular weight excluding hydrogens is 378 g/mol. The van der Waals surface area contributed by atoms with E-state index in [4.69, 9.17) is 17.3 Å². The van der Waals surface area contributed by atoms with Crippen molar-refractivity contribution in [2.24, 2.45) is 0 Å². The van der Waals surface area contributed by atoms with Gasteiger partial charge in [0, 0.05) is 16.1 Å². The maximum atomic E-state index is 9.73. The van der Waals surface area contributed by atoms with Crippen LogP contribution in [0.15, 0.2) is 78.9 Å². The molecule has 0 aliphatic heterocycles. The highest BCUT2D eigenvalue weighted by Gasteiger charge is 2.18. The van der Waals surface area contributed by atoms with E-state index in [0.29, 0.717) is 10.6 Å². The Bertz CT molecular complexity index is 1210. The first-order valence-corrected chi connectivity index (χ1v) is 9.58. The molecule has 0 aliphatic carbocycles. The van der Waals surface area contributed by atoms with Crippen LogP contribution in [0.25, 0.3) is 33.5 Å². The standard InChI is InChI=1S/C25H18ClN3/c1-16-23(19-9-7-18(8-10-19)17-5-3-2-4-6-17)22(15-27)25(28)29-24(16)20-11-13-21(26)14-12-20/h2-14H,1H3,(H2,28,29). The Kier molecular flexibility index (Phi) is 5.03. The topological polar surface area (TPSA) is 62.7 Å². The van der Waals surface area contributed by atoms with Gasteiger partial charge in [-0.2, -0.15) is 5.26 Å². The Hall–Kier alpha value is -3.61. The summed E-state index contributed by atoms with van der Waals surface area (Å²) in [4.78, 5) is 4.51. The molecule has 3 aromatic carbocycles. The molecule has 4 rings (SSSR count). The van der Waals surface area contributed by atoms with Gasteiger partial charge in [0.2, 0.25) is 0 Å². The molecule has 0 bridgehead atoms. The second-order valence-corrected chi connectivity index (χ2v) is 7.22. The lowest BCUT2D eigenvalue weighted by atomic mass is 9.92. The van der Waals surface area contributed by atoms with E-state index in [0.717, 1.165) is 39.1 Å². The zero-order chi connectivity index (χ0) is 20.4. The van der Waals surface area contributed by atoms with Crippen LogP contribution in [0.1, 0.15) is 11.1 Å². The number of nitrogens with two attached hydrogens (primary N) is 1. The summed E-state index contributed by atoms with van der Waals surface area (Å²) in [7, 11) is 0. The van der Waals surface area contributed by atoms with E-state index in [9.17, 15) is 5.26 Å². The highest BCUT2D eigenvalue weighted by molar-refractivity contribution is 6.30. The molecule has 1 aromatic heterocycles. The van der Waals surface area contributed by atoms with Crippen LogP contribution >= 0.6 is 11.6 Å². The Labute approximate surface area is 175 Å². The van der Waals surface area contributed by atoms with Crippen LogP contribution in [0.4, 0.5) is 5.82 Å². The molecular formula is C25H18ClN3. The monoisotopic (exact) mass is 395 g/mol. The molecule has 2 N–H and O–H groups in total. The highest BCUT2D eigenvalue weighted by Crippen LogP contribution is 2.36. The number of nitriles is 1. The van der Waals surface area contributed by atoms with Crippen molar-refractivity contribution in [1.29, 1.82) is 5.26 Å². The van der Waals surface area contributed by atoms with Crippen molar-refractivity contribution in [2.75, 3.05) is 5.73 Å². The number of benzene rings is 3. The first kappa shape index (κ1) is 18.7. The predicted molar refractivity (Wildman–Crippen MR) is 119 cm³/mol. The van der Waals surface area contributed by atoms with Crippen LogP contribution < -0.4 is 5.73 Å². The van der Waals surface area contributed by atoms with Crippen molar-refractivity contribution in [3.8, 4) is 39.6 Å². The second kappa shape index (κ2) is 7.79. The minimum atomic E-state index is 0.227. The zero-order valence-corrected chi connectivity index (χ0v) is 16.6. The van der Waals surface area contributed by atoms with Crippen LogP contribution in [0, 0.1) is 18.3 Å². The summed E-state index contributed by atoms with van der Waals surface area (Å²) in [6.07, 6.45) is 0. The van der Waals surface area contributed by atoms with Gasteiger partial charge in [-0.1, -0.05) is 78.3 Å². The lowest BCUT2D eigenvalue weighted by Gasteiger charge is -2.15. The molecule has 0 amide bonds. The second-order valence-electron chi connectivity index (χ2n) is 6.78. The summed E-state index contributed by atoms with van der Waals surface area (Å²) < 4.78 is 0. The summed E-state index contributed by atoms with van der Waals surface area (Å²) >= 11 is 6.02. The number of aromatic nitrogens is 1. The molecule has 0 atom stereocenters. The number of nitrogen functional groups attached to an aromatic ring is 1. The van der Waals surface area contributed by atoms with Gasteiger partial charge >= 0.3 is 0 Å². The third kappa shape index (κ3) is 3.59. The van der Waals surface area contributed by atoms with Crippen molar-refractivity contribution < 1.29 is 0 Å². The quantitative estimate of drug-likeness (QED) is 0.430. The van der Waals surface area contributed by atoms with Gasteiger partial charge in [0.1, 0.15) is 17.5 Å². The summed E-state index contributed by atoms with van der Waals surface area (Å²) in [6, 6.07) is 28.0. The Morgan fingerprint density at radius 3 is 1.97 bits per heavy atom. The summed E-state index contributed by atoms with van der Waals surface area (Å²) in [5.41, 5.74) is 13.1. The third-order valence-electron chi connectivity index (χ3n) is 4.98. The molecule has 0 saturated heterocycles. The highest BCUT2D eigenvalue weighted by atomic mass is 35.5. The maximum Gasteiger partial charge on any atom is 0.142 e. The number of nitrogens with zero attached hydrogens (tertiary/aromatic N) is 2. The van der Waals surface area contributed by atoms with Crippen LogP contribution in [-0.4, -0.2) is 4.98 Å². The van der Waals surface area contributed by atoms with Gasteiger partial charge in [0.05, 0.1) is 5.69 Å². The molecule has 0 saturated carbocycles. The molecule has 0 unspecified atom stereocenters. The van der Waals surface area contributed by atoms with E-state index in [2.05, 4.69) is 35.3 Å². The van der Waals surface area contributed by atoms with Gasteiger partial charge in [-0.15, -0.1) is 0 Å². The zero-order valence-electron chi connectivity index (χ0n) is 15.9. The molecule has 4 aromatic rings. The SMILES string of the molecule is Cc1c(-c2ccc(Cl)cc2)nc(N)c(C#N)c1-c1ccc(-c2ccccc2)cc1. The lowest BCUT2D eigenvalue weighted by molar-refractivity contribution is 1.26. The van der Waals surface area contributed by atoms with Gasteiger partial charge < -0.3 is 5.73 Å². The summed E-state index contributed by atoms with van der Waals surface area (Å²) in [5.74, 6) is 0.227. The fraction of sp³-hybridized carbons (Fsp3) is 0.0400. The van der Waals surface area contributed by atoms with Gasteiger partial charge in [-0.3, -0.25) is 0 Å². The first-order chi connectivity index (χ1) is 14.1. The van der Waals surface area contributed by atoms with Crippen LogP contribution in [0.2, 0.25) is 5.02 Å². The van der Waals surface area contributed by atoms with Crippen LogP contribution in [0.5, 0.6) is 0 Å². The van der Waals surface area contributed by atoms with Gasteiger partial charge in [-0.25, -0.2) is 4.98 Å². The Morgan fingerprint density at radius 1 is 0.793 bits per heavy atom. The molecule has 140 valence electrons.